The van der Waals surface area contributed by atoms with E-state index in [0.717, 1.165) is 25.1 Å². The first-order valence-corrected chi connectivity index (χ1v) is 12.3. The third kappa shape index (κ3) is 3.92. The zero-order chi connectivity index (χ0) is 22.2. The Morgan fingerprint density at radius 2 is 1.97 bits per heavy atom. The third-order valence-electron chi connectivity index (χ3n) is 8.01. The SMILES string of the molecule is CCC1CC2C(=O)C(c3ccc4c(c3)OCCO4)=COC2C(CN2CCCCC2C)C1O. The molecule has 6 heteroatoms. The predicted molar refractivity (Wildman–Crippen MR) is 122 cm³/mol. The van der Waals surface area contributed by atoms with Gasteiger partial charge in [0.2, 0.25) is 0 Å². The third-order valence-corrected chi connectivity index (χ3v) is 8.01. The summed E-state index contributed by atoms with van der Waals surface area (Å²) in [5.74, 6) is 1.36. The van der Waals surface area contributed by atoms with Crippen LogP contribution >= 0.6 is 0 Å². The van der Waals surface area contributed by atoms with Crippen molar-refractivity contribution >= 4 is 11.4 Å². The Balaban J connectivity index is 1.41. The average Bonchev–Trinajstić information content (AvgIpc) is 2.82. The molecule has 4 aliphatic rings. The van der Waals surface area contributed by atoms with E-state index < -0.39 is 6.10 Å². The Kier molecular flexibility index (Phi) is 6.17. The fourth-order valence-corrected chi connectivity index (χ4v) is 6.04. The maximum Gasteiger partial charge on any atom is 0.173 e. The molecule has 1 aromatic rings. The van der Waals surface area contributed by atoms with Crippen LogP contribution in [0.15, 0.2) is 24.5 Å². The van der Waals surface area contributed by atoms with Gasteiger partial charge in [-0.3, -0.25) is 4.79 Å². The van der Waals surface area contributed by atoms with Crippen molar-refractivity contribution in [1.82, 2.24) is 4.90 Å². The number of nitrogens with zero attached hydrogens (tertiary/aromatic N) is 1. The molecule has 1 aromatic carbocycles. The van der Waals surface area contributed by atoms with Gasteiger partial charge in [0.15, 0.2) is 17.3 Å². The lowest BCUT2D eigenvalue weighted by molar-refractivity contribution is -0.141. The van der Waals surface area contributed by atoms with E-state index in [2.05, 4.69) is 18.7 Å². The Morgan fingerprint density at radius 1 is 1.16 bits per heavy atom. The van der Waals surface area contributed by atoms with Crippen LogP contribution in [-0.2, 0) is 9.53 Å². The monoisotopic (exact) mass is 441 g/mol. The van der Waals surface area contributed by atoms with Crippen molar-refractivity contribution in [1.29, 1.82) is 0 Å². The molecule has 1 N–H and O–H groups in total. The summed E-state index contributed by atoms with van der Waals surface area (Å²) in [4.78, 5) is 16.2. The molecule has 0 bridgehead atoms. The minimum Gasteiger partial charge on any atom is -0.496 e. The molecule has 1 saturated heterocycles. The number of hydrogen-bond acceptors (Lipinski definition) is 6. The first-order valence-electron chi connectivity index (χ1n) is 12.3. The minimum atomic E-state index is -0.438. The second-order valence-electron chi connectivity index (χ2n) is 9.86. The van der Waals surface area contributed by atoms with Crippen molar-refractivity contribution in [2.45, 2.75) is 64.2 Å². The first-order chi connectivity index (χ1) is 15.6. The number of aliphatic hydroxyl groups is 1. The molecule has 0 aromatic heterocycles. The molecular formula is C26H35NO5. The van der Waals surface area contributed by atoms with Crippen molar-refractivity contribution in [3.05, 3.63) is 30.0 Å². The van der Waals surface area contributed by atoms with E-state index >= 15 is 0 Å². The molecule has 1 saturated carbocycles. The van der Waals surface area contributed by atoms with E-state index in [1.54, 1.807) is 6.26 Å². The second kappa shape index (κ2) is 9.06. The molecule has 3 aliphatic heterocycles. The molecule has 0 amide bonds. The lowest BCUT2D eigenvalue weighted by atomic mass is 9.66. The van der Waals surface area contributed by atoms with Crippen LogP contribution in [0.4, 0.5) is 0 Å². The van der Waals surface area contributed by atoms with Gasteiger partial charge in [-0.25, -0.2) is 0 Å². The molecule has 6 nitrogen and oxygen atoms in total. The van der Waals surface area contributed by atoms with Gasteiger partial charge in [-0.05, 0) is 56.3 Å². The standard InChI is InChI=1S/C26H35NO5/c1-3-17-12-19-25(29)21(18-7-8-22-23(13-18)31-11-10-30-22)15-32-26(19)20(24(17)28)14-27-9-5-4-6-16(27)2/h7-8,13,15-17,19-20,24,26,28H,3-6,9-12,14H2,1-2H3. The van der Waals surface area contributed by atoms with Crippen LogP contribution < -0.4 is 9.47 Å². The van der Waals surface area contributed by atoms with Crippen molar-refractivity contribution < 1.29 is 24.1 Å². The fraction of sp³-hybridized carbons (Fsp3) is 0.654. The summed E-state index contributed by atoms with van der Waals surface area (Å²) < 4.78 is 17.6. The summed E-state index contributed by atoms with van der Waals surface area (Å²) >= 11 is 0. The van der Waals surface area contributed by atoms with Crippen molar-refractivity contribution in [2.75, 3.05) is 26.3 Å². The largest absolute Gasteiger partial charge is 0.496 e. The number of ether oxygens (including phenoxy) is 3. The number of carbonyl (C=O) groups is 1. The van der Waals surface area contributed by atoms with E-state index in [0.29, 0.717) is 42.7 Å². The van der Waals surface area contributed by atoms with Gasteiger partial charge in [0, 0.05) is 18.5 Å². The van der Waals surface area contributed by atoms with Crippen LogP contribution in [-0.4, -0.2) is 60.3 Å². The smallest absolute Gasteiger partial charge is 0.173 e. The van der Waals surface area contributed by atoms with Gasteiger partial charge in [0.05, 0.1) is 23.9 Å². The van der Waals surface area contributed by atoms with Crippen LogP contribution in [0.3, 0.4) is 0 Å². The number of rotatable bonds is 4. The van der Waals surface area contributed by atoms with Crippen molar-refractivity contribution in [3.8, 4) is 11.5 Å². The quantitative estimate of drug-likeness (QED) is 0.769. The summed E-state index contributed by atoms with van der Waals surface area (Å²) in [7, 11) is 0. The molecular weight excluding hydrogens is 406 g/mol. The maximum atomic E-state index is 13.7. The molecule has 174 valence electrons. The Morgan fingerprint density at radius 3 is 2.75 bits per heavy atom. The van der Waals surface area contributed by atoms with Gasteiger partial charge >= 0.3 is 0 Å². The fourth-order valence-electron chi connectivity index (χ4n) is 6.04. The lowest BCUT2D eigenvalue weighted by Crippen LogP contribution is -2.56. The van der Waals surface area contributed by atoms with E-state index in [1.807, 2.05) is 18.2 Å². The number of likely N-dealkylation sites (tertiary alicyclic amines) is 1. The minimum absolute atomic E-state index is 0.0544. The van der Waals surface area contributed by atoms with Gasteiger partial charge < -0.3 is 24.2 Å². The van der Waals surface area contributed by atoms with E-state index in [1.165, 1.54) is 19.3 Å². The molecule has 6 atom stereocenters. The van der Waals surface area contributed by atoms with Gasteiger partial charge in [-0.2, -0.15) is 0 Å². The molecule has 32 heavy (non-hydrogen) atoms. The summed E-state index contributed by atoms with van der Waals surface area (Å²) in [5.41, 5.74) is 1.40. The lowest BCUT2D eigenvalue weighted by Gasteiger charge is -2.48. The summed E-state index contributed by atoms with van der Waals surface area (Å²) in [5, 5.41) is 11.2. The van der Waals surface area contributed by atoms with Crippen LogP contribution in [0.5, 0.6) is 11.5 Å². The second-order valence-corrected chi connectivity index (χ2v) is 9.86. The number of benzene rings is 1. The van der Waals surface area contributed by atoms with Crippen LogP contribution in [0, 0.1) is 17.8 Å². The van der Waals surface area contributed by atoms with Crippen molar-refractivity contribution in [3.63, 3.8) is 0 Å². The number of carbonyl (C=O) groups excluding carboxylic acids is 1. The van der Waals surface area contributed by atoms with E-state index in [9.17, 15) is 9.90 Å². The van der Waals surface area contributed by atoms with E-state index in [4.69, 9.17) is 14.2 Å². The molecule has 0 spiro atoms. The van der Waals surface area contributed by atoms with Crippen molar-refractivity contribution in [2.24, 2.45) is 17.8 Å². The number of hydrogen-bond donors (Lipinski definition) is 1. The number of fused-ring (bicyclic) bond motifs is 2. The summed E-state index contributed by atoms with van der Waals surface area (Å²) in [6, 6.07) is 6.16. The molecule has 5 rings (SSSR count). The number of piperidine rings is 1. The highest BCUT2D eigenvalue weighted by Gasteiger charge is 2.50. The highest BCUT2D eigenvalue weighted by molar-refractivity contribution is 6.22. The molecule has 6 unspecified atom stereocenters. The maximum absolute atomic E-state index is 13.7. The molecule has 1 aliphatic carbocycles. The number of Topliss-reactive ketones (excluding diaryl/α,β-unsaturated/α-hetero) is 1. The van der Waals surface area contributed by atoms with Gasteiger partial charge in [-0.15, -0.1) is 0 Å². The molecule has 0 radical (unpaired) electrons. The van der Waals surface area contributed by atoms with E-state index in [-0.39, 0.29) is 29.6 Å². The Bertz CT molecular complexity index is 883. The highest BCUT2D eigenvalue weighted by atomic mass is 16.6. The van der Waals surface area contributed by atoms with Gasteiger partial charge in [-0.1, -0.05) is 25.8 Å². The Hall–Kier alpha value is -2.05. The van der Waals surface area contributed by atoms with Crippen LogP contribution in [0.25, 0.3) is 5.57 Å². The van der Waals surface area contributed by atoms with Crippen LogP contribution in [0.1, 0.15) is 51.5 Å². The highest BCUT2D eigenvalue weighted by Crippen LogP contribution is 2.44. The van der Waals surface area contributed by atoms with Crippen LogP contribution in [0.2, 0.25) is 0 Å². The summed E-state index contributed by atoms with van der Waals surface area (Å²) in [6.07, 6.45) is 6.13. The van der Waals surface area contributed by atoms with Gasteiger partial charge in [0.25, 0.3) is 0 Å². The normalized spacial score (nSPS) is 35.0. The number of ketones is 1. The first kappa shape index (κ1) is 21.8. The zero-order valence-electron chi connectivity index (χ0n) is 19.2. The number of allylic oxidation sites excluding steroid dienone is 1. The number of aliphatic hydroxyl groups excluding tert-OH is 1. The molecule has 2 fully saturated rings. The zero-order valence-corrected chi connectivity index (χ0v) is 19.2. The van der Waals surface area contributed by atoms with Gasteiger partial charge in [0.1, 0.15) is 19.3 Å². The summed E-state index contributed by atoms with van der Waals surface area (Å²) in [6.45, 7) is 7.29. The Labute approximate surface area is 190 Å². The predicted octanol–water partition coefficient (Wildman–Crippen LogP) is 3.66. The molecule has 3 heterocycles. The topological polar surface area (TPSA) is 68.2 Å². The average molecular weight is 442 g/mol.